The summed E-state index contributed by atoms with van der Waals surface area (Å²) in [6, 6.07) is 0. The van der Waals surface area contributed by atoms with Crippen LogP contribution < -0.4 is 0 Å². The number of hydrogen-bond acceptors (Lipinski definition) is 3. The summed E-state index contributed by atoms with van der Waals surface area (Å²) >= 11 is 0. The monoisotopic (exact) mass is 303 g/mol. The van der Waals surface area contributed by atoms with Crippen molar-refractivity contribution in [2.24, 2.45) is 0 Å². The third-order valence-electron chi connectivity index (χ3n) is 3.88. The first-order chi connectivity index (χ1) is 10.8. The molecule has 0 N–H and O–H groups in total. The molecule has 0 saturated heterocycles. The lowest BCUT2D eigenvalue weighted by Gasteiger charge is -2.04. The van der Waals surface area contributed by atoms with Gasteiger partial charge in [-0.3, -0.25) is 0 Å². The molecule has 0 aliphatic heterocycles. The molecule has 0 amide bonds. The van der Waals surface area contributed by atoms with Crippen molar-refractivity contribution in [2.45, 2.75) is 90.4 Å². The molecular formula is C19H33N3. The normalized spacial score (nSPS) is 10.5. The highest BCUT2D eigenvalue weighted by atomic mass is 15.1. The van der Waals surface area contributed by atoms with Gasteiger partial charge in [0.05, 0.1) is 0 Å². The van der Waals surface area contributed by atoms with Gasteiger partial charge in [0.15, 0.2) is 12.4 Å². The standard InChI is InChI=1S/C19H33N3/c1-2-3-4-5-6-7-8-9-10-11-12-13-14-15-16-17-22(18-20)19-21/h9-10H,2-8,11-17H2,1H3/b10-9-. The molecule has 0 saturated carbocycles. The topological polar surface area (TPSA) is 50.8 Å². The maximum absolute atomic E-state index is 8.59. The molecular weight excluding hydrogens is 270 g/mol. The third kappa shape index (κ3) is 14.9. The Balaban J connectivity index is 3.18. The highest BCUT2D eigenvalue weighted by Crippen LogP contribution is 2.09. The summed E-state index contributed by atoms with van der Waals surface area (Å²) in [4.78, 5) is 1.14. The molecule has 0 atom stereocenters. The summed E-state index contributed by atoms with van der Waals surface area (Å²) in [6.07, 6.45) is 24.8. The molecule has 0 rings (SSSR count). The molecule has 0 heterocycles. The Labute approximate surface area is 137 Å². The van der Waals surface area contributed by atoms with Crippen LogP contribution in [0.5, 0.6) is 0 Å². The molecule has 0 radical (unpaired) electrons. The Morgan fingerprint density at radius 3 is 1.64 bits per heavy atom. The zero-order valence-electron chi connectivity index (χ0n) is 14.4. The first-order valence-electron chi connectivity index (χ1n) is 9.07. The predicted molar refractivity (Wildman–Crippen MR) is 92.8 cm³/mol. The maximum Gasteiger partial charge on any atom is 0.193 e. The van der Waals surface area contributed by atoms with E-state index in [1.807, 2.05) is 12.4 Å². The quantitative estimate of drug-likeness (QED) is 0.164. The fraction of sp³-hybridized carbons (Fsp3) is 0.789. The Hall–Kier alpha value is -1.48. The maximum atomic E-state index is 8.59. The van der Waals surface area contributed by atoms with Crippen molar-refractivity contribution < 1.29 is 0 Å². The Morgan fingerprint density at radius 1 is 0.682 bits per heavy atom. The van der Waals surface area contributed by atoms with E-state index in [1.54, 1.807) is 0 Å². The smallest absolute Gasteiger partial charge is 0.193 e. The van der Waals surface area contributed by atoms with Gasteiger partial charge in [0.2, 0.25) is 0 Å². The first kappa shape index (κ1) is 20.5. The number of allylic oxidation sites excluding steroid dienone is 2. The predicted octanol–water partition coefficient (Wildman–Crippen LogP) is 5.90. The second kappa shape index (κ2) is 17.6. The number of nitriles is 2. The molecule has 0 aromatic heterocycles. The highest BCUT2D eigenvalue weighted by molar-refractivity contribution is 4.85. The van der Waals surface area contributed by atoms with E-state index in [2.05, 4.69) is 19.1 Å². The van der Waals surface area contributed by atoms with Gasteiger partial charge in [0.25, 0.3) is 0 Å². The summed E-state index contributed by atoms with van der Waals surface area (Å²) in [5.41, 5.74) is 0. The van der Waals surface area contributed by atoms with Crippen LogP contribution in [-0.2, 0) is 0 Å². The van der Waals surface area contributed by atoms with Crippen LogP contribution in [0.4, 0.5) is 0 Å². The molecule has 0 bridgehead atoms. The number of hydrogen-bond donors (Lipinski definition) is 0. The fourth-order valence-electron chi connectivity index (χ4n) is 2.46. The molecule has 0 aromatic rings. The van der Waals surface area contributed by atoms with Crippen LogP contribution in [0.2, 0.25) is 0 Å². The first-order valence-corrected chi connectivity index (χ1v) is 9.07. The molecule has 3 nitrogen and oxygen atoms in total. The van der Waals surface area contributed by atoms with Crippen molar-refractivity contribution >= 4 is 0 Å². The van der Waals surface area contributed by atoms with Crippen molar-refractivity contribution in [3.63, 3.8) is 0 Å². The number of unbranched alkanes of at least 4 members (excludes halogenated alkanes) is 11. The summed E-state index contributed by atoms with van der Waals surface area (Å²) in [5, 5.41) is 17.2. The van der Waals surface area contributed by atoms with Gasteiger partial charge in [0.1, 0.15) is 0 Å². The van der Waals surface area contributed by atoms with Crippen molar-refractivity contribution in [2.75, 3.05) is 6.54 Å². The van der Waals surface area contributed by atoms with Crippen molar-refractivity contribution in [3.05, 3.63) is 12.2 Å². The zero-order valence-corrected chi connectivity index (χ0v) is 14.4. The van der Waals surface area contributed by atoms with Gasteiger partial charge in [-0.2, -0.15) is 10.5 Å². The van der Waals surface area contributed by atoms with Gasteiger partial charge < -0.3 is 0 Å². The van der Waals surface area contributed by atoms with Crippen LogP contribution in [0, 0.1) is 22.9 Å². The van der Waals surface area contributed by atoms with E-state index in [0.29, 0.717) is 6.54 Å². The van der Waals surface area contributed by atoms with E-state index in [0.717, 1.165) is 17.7 Å². The molecule has 0 fully saturated rings. The summed E-state index contributed by atoms with van der Waals surface area (Å²) in [6.45, 7) is 2.83. The second-order valence-corrected chi connectivity index (χ2v) is 5.94. The molecule has 0 aliphatic carbocycles. The Kier molecular flexibility index (Phi) is 16.4. The third-order valence-corrected chi connectivity index (χ3v) is 3.88. The Bertz CT molecular complexity index is 322. The molecule has 124 valence electrons. The number of rotatable bonds is 15. The minimum atomic E-state index is 0.575. The summed E-state index contributed by atoms with van der Waals surface area (Å²) in [5.74, 6) is 0. The van der Waals surface area contributed by atoms with E-state index in [-0.39, 0.29) is 0 Å². The van der Waals surface area contributed by atoms with E-state index >= 15 is 0 Å². The van der Waals surface area contributed by atoms with E-state index < -0.39 is 0 Å². The van der Waals surface area contributed by atoms with Gasteiger partial charge in [0, 0.05) is 6.54 Å². The molecule has 0 spiro atoms. The Morgan fingerprint density at radius 2 is 1.14 bits per heavy atom. The molecule has 0 aliphatic rings. The van der Waals surface area contributed by atoms with Crippen LogP contribution in [-0.4, -0.2) is 11.4 Å². The molecule has 22 heavy (non-hydrogen) atoms. The SMILES string of the molecule is CCCCCCCC/C=C\CCCCCCCN(C#N)C#N. The minimum Gasteiger partial charge on any atom is -0.216 e. The van der Waals surface area contributed by atoms with Crippen LogP contribution in [0.15, 0.2) is 12.2 Å². The van der Waals surface area contributed by atoms with Gasteiger partial charge in [-0.15, -0.1) is 0 Å². The second-order valence-electron chi connectivity index (χ2n) is 5.94. The highest BCUT2D eigenvalue weighted by Gasteiger charge is 1.97. The lowest BCUT2D eigenvalue weighted by Crippen LogP contribution is -2.11. The molecule has 0 aromatic carbocycles. The lowest BCUT2D eigenvalue weighted by atomic mass is 10.1. The van der Waals surface area contributed by atoms with E-state index in [9.17, 15) is 0 Å². The minimum absolute atomic E-state index is 0.575. The lowest BCUT2D eigenvalue weighted by molar-refractivity contribution is 0.493. The van der Waals surface area contributed by atoms with Gasteiger partial charge in [-0.25, -0.2) is 4.90 Å². The number of nitrogens with zero attached hydrogens (tertiary/aromatic N) is 3. The van der Waals surface area contributed by atoms with Gasteiger partial charge in [-0.05, 0) is 32.1 Å². The molecule has 3 heteroatoms. The van der Waals surface area contributed by atoms with E-state index in [4.69, 9.17) is 10.5 Å². The van der Waals surface area contributed by atoms with Crippen LogP contribution in [0.25, 0.3) is 0 Å². The van der Waals surface area contributed by atoms with E-state index in [1.165, 1.54) is 70.6 Å². The van der Waals surface area contributed by atoms with Crippen LogP contribution in [0.3, 0.4) is 0 Å². The largest absolute Gasteiger partial charge is 0.216 e. The average molecular weight is 303 g/mol. The summed E-state index contributed by atoms with van der Waals surface area (Å²) in [7, 11) is 0. The molecule has 0 unspecified atom stereocenters. The van der Waals surface area contributed by atoms with Gasteiger partial charge >= 0.3 is 0 Å². The van der Waals surface area contributed by atoms with Crippen molar-refractivity contribution in [3.8, 4) is 12.4 Å². The van der Waals surface area contributed by atoms with Crippen molar-refractivity contribution in [1.82, 2.24) is 4.90 Å². The fourth-order valence-corrected chi connectivity index (χ4v) is 2.46. The van der Waals surface area contributed by atoms with Crippen molar-refractivity contribution in [1.29, 1.82) is 10.5 Å². The van der Waals surface area contributed by atoms with Gasteiger partial charge in [-0.1, -0.05) is 70.4 Å². The van der Waals surface area contributed by atoms with Crippen LogP contribution >= 0.6 is 0 Å². The zero-order chi connectivity index (χ0) is 16.3. The summed E-state index contributed by atoms with van der Waals surface area (Å²) < 4.78 is 0. The average Bonchev–Trinajstić information content (AvgIpc) is 2.55. The van der Waals surface area contributed by atoms with Crippen LogP contribution in [0.1, 0.15) is 90.4 Å².